The van der Waals surface area contributed by atoms with E-state index in [9.17, 15) is 4.79 Å². The smallest absolute Gasteiger partial charge is 0.409 e. The Morgan fingerprint density at radius 2 is 2.33 bits per heavy atom. The van der Waals surface area contributed by atoms with Crippen LogP contribution in [0.4, 0.5) is 4.79 Å². The van der Waals surface area contributed by atoms with E-state index in [2.05, 4.69) is 10.1 Å². The fourth-order valence-corrected chi connectivity index (χ4v) is 1.23. The summed E-state index contributed by atoms with van der Waals surface area (Å²) >= 11 is 0. The summed E-state index contributed by atoms with van der Waals surface area (Å²) in [6, 6.07) is 0.246. The first kappa shape index (κ1) is 11.5. The molecule has 1 aliphatic heterocycles. The van der Waals surface area contributed by atoms with Crippen LogP contribution in [-0.4, -0.2) is 43.8 Å². The topological polar surface area (TPSA) is 41.6 Å². The second kappa shape index (κ2) is 5.22. The minimum Gasteiger partial charge on any atom is -0.453 e. The molecule has 1 aliphatic rings. The second-order valence-corrected chi connectivity index (χ2v) is 2.72. The molecule has 0 saturated carbocycles. The maximum Gasteiger partial charge on any atom is 0.409 e. The van der Waals surface area contributed by atoms with Crippen LogP contribution < -0.4 is 5.32 Å². The van der Waals surface area contributed by atoms with Gasteiger partial charge in [-0.25, -0.2) is 4.79 Å². The third-order valence-corrected chi connectivity index (χ3v) is 1.91. The number of carbonyl (C=O) groups is 1. The standard InChI is InChI=1S/C7H14N2O2.ClH/c1-6-5-8-3-4-9(6)7(10)11-2;/h6,8H,3-5H2,1-2H3;1H/t6-;/m1./s1. The lowest BCUT2D eigenvalue weighted by molar-refractivity contribution is 0.0990. The third-order valence-electron chi connectivity index (χ3n) is 1.91. The van der Waals surface area contributed by atoms with Crippen molar-refractivity contribution < 1.29 is 9.53 Å². The molecular formula is C7H15ClN2O2. The van der Waals surface area contributed by atoms with Gasteiger partial charge in [-0.15, -0.1) is 12.4 Å². The highest BCUT2D eigenvalue weighted by atomic mass is 35.5. The molecule has 1 amide bonds. The van der Waals surface area contributed by atoms with Gasteiger partial charge in [-0.1, -0.05) is 0 Å². The van der Waals surface area contributed by atoms with E-state index in [1.807, 2.05) is 6.92 Å². The fourth-order valence-electron chi connectivity index (χ4n) is 1.23. The van der Waals surface area contributed by atoms with Crippen molar-refractivity contribution in [3.63, 3.8) is 0 Å². The molecule has 0 aromatic carbocycles. The number of piperazine rings is 1. The van der Waals surface area contributed by atoms with Gasteiger partial charge in [-0.2, -0.15) is 0 Å². The normalized spacial score (nSPS) is 22.8. The van der Waals surface area contributed by atoms with E-state index in [1.165, 1.54) is 7.11 Å². The van der Waals surface area contributed by atoms with Gasteiger partial charge in [0, 0.05) is 25.7 Å². The predicted octanol–water partition coefficient (Wildman–Crippen LogP) is 0.468. The summed E-state index contributed by atoms with van der Waals surface area (Å²) in [4.78, 5) is 12.8. The van der Waals surface area contributed by atoms with Crippen LogP contribution in [0.1, 0.15) is 6.92 Å². The van der Waals surface area contributed by atoms with Gasteiger partial charge in [0.05, 0.1) is 7.11 Å². The highest BCUT2D eigenvalue weighted by molar-refractivity contribution is 5.85. The summed E-state index contributed by atoms with van der Waals surface area (Å²) in [6.07, 6.45) is -0.223. The van der Waals surface area contributed by atoms with Crippen molar-refractivity contribution in [2.45, 2.75) is 13.0 Å². The number of hydrogen-bond acceptors (Lipinski definition) is 3. The van der Waals surface area contributed by atoms with E-state index in [1.54, 1.807) is 4.90 Å². The van der Waals surface area contributed by atoms with Crippen LogP contribution in [0.15, 0.2) is 0 Å². The minimum absolute atomic E-state index is 0. The summed E-state index contributed by atoms with van der Waals surface area (Å²) in [6.45, 7) is 4.46. The number of hydrogen-bond donors (Lipinski definition) is 1. The van der Waals surface area contributed by atoms with Gasteiger partial charge in [0.15, 0.2) is 0 Å². The molecule has 72 valence electrons. The summed E-state index contributed by atoms with van der Waals surface area (Å²) in [5.74, 6) is 0. The van der Waals surface area contributed by atoms with Crippen molar-refractivity contribution in [1.82, 2.24) is 10.2 Å². The molecule has 1 heterocycles. The number of ether oxygens (including phenoxy) is 1. The van der Waals surface area contributed by atoms with Gasteiger partial charge < -0.3 is 15.0 Å². The van der Waals surface area contributed by atoms with Crippen LogP contribution in [0.2, 0.25) is 0 Å². The van der Waals surface area contributed by atoms with Crippen molar-refractivity contribution in [3.8, 4) is 0 Å². The SMILES string of the molecule is COC(=O)N1CCNC[C@H]1C.Cl. The number of methoxy groups -OCH3 is 1. The maximum atomic E-state index is 11.1. The Labute approximate surface area is 78.7 Å². The molecule has 0 radical (unpaired) electrons. The summed E-state index contributed by atoms with van der Waals surface area (Å²) in [5, 5.41) is 3.19. The predicted molar refractivity (Wildman–Crippen MR) is 48.7 cm³/mol. The average molecular weight is 195 g/mol. The van der Waals surface area contributed by atoms with Crippen LogP contribution >= 0.6 is 12.4 Å². The Morgan fingerprint density at radius 1 is 1.67 bits per heavy atom. The van der Waals surface area contributed by atoms with Crippen molar-refractivity contribution in [1.29, 1.82) is 0 Å². The Balaban J connectivity index is 0.00000121. The number of rotatable bonds is 0. The van der Waals surface area contributed by atoms with Gasteiger partial charge in [-0.05, 0) is 6.92 Å². The van der Waals surface area contributed by atoms with Gasteiger partial charge in [0.25, 0.3) is 0 Å². The zero-order chi connectivity index (χ0) is 8.27. The zero-order valence-corrected chi connectivity index (χ0v) is 8.19. The Bertz CT molecular complexity index is 154. The van der Waals surface area contributed by atoms with Crippen LogP contribution in [-0.2, 0) is 4.74 Å². The molecule has 0 aliphatic carbocycles. The van der Waals surface area contributed by atoms with Crippen molar-refractivity contribution in [3.05, 3.63) is 0 Å². The molecule has 1 rings (SSSR count). The largest absolute Gasteiger partial charge is 0.453 e. The molecule has 1 atom stereocenters. The van der Waals surface area contributed by atoms with Crippen LogP contribution in [0, 0.1) is 0 Å². The zero-order valence-electron chi connectivity index (χ0n) is 7.37. The molecule has 12 heavy (non-hydrogen) atoms. The first-order chi connectivity index (χ1) is 5.25. The lowest BCUT2D eigenvalue weighted by Gasteiger charge is -2.32. The molecule has 1 saturated heterocycles. The second-order valence-electron chi connectivity index (χ2n) is 2.72. The molecule has 0 spiro atoms. The summed E-state index contributed by atoms with van der Waals surface area (Å²) < 4.78 is 4.62. The average Bonchev–Trinajstić information content (AvgIpc) is 2.04. The molecule has 1 fully saturated rings. The first-order valence-corrected chi connectivity index (χ1v) is 3.81. The van der Waals surface area contributed by atoms with E-state index in [4.69, 9.17) is 0 Å². The van der Waals surface area contributed by atoms with E-state index in [0.717, 1.165) is 19.6 Å². The lowest BCUT2D eigenvalue weighted by atomic mass is 10.2. The van der Waals surface area contributed by atoms with Gasteiger partial charge in [0.2, 0.25) is 0 Å². The third kappa shape index (κ3) is 2.53. The molecule has 0 bridgehead atoms. The van der Waals surface area contributed by atoms with Crippen molar-refractivity contribution >= 4 is 18.5 Å². The monoisotopic (exact) mass is 194 g/mol. The quantitative estimate of drug-likeness (QED) is 0.610. The maximum absolute atomic E-state index is 11.1. The Hall–Kier alpha value is -0.480. The molecule has 1 N–H and O–H groups in total. The molecule has 4 nitrogen and oxygen atoms in total. The van der Waals surface area contributed by atoms with E-state index in [0.29, 0.717) is 0 Å². The number of nitrogens with one attached hydrogen (secondary N) is 1. The molecule has 0 unspecified atom stereocenters. The number of amides is 1. The number of nitrogens with zero attached hydrogens (tertiary/aromatic N) is 1. The van der Waals surface area contributed by atoms with Gasteiger partial charge >= 0.3 is 6.09 Å². The van der Waals surface area contributed by atoms with Crippen LogP contribution in [0.3, 0.4) is 0 Å². The Morgan fingerprint density at radius 3 is 2.83 bits per heavy atom. The number of halogens is 1. The van der Waals surface area contributed by atoms with Crippen LogP contribution in [0.25, 0.3) is 0 Å². The highest BCUT2D eigenvalue weighted by Gasteiger charge is 2.22. The van der Waals surface area contributed by atoms with E-state index >= 15 is 0 Å². The van der Waals surface area contributed by atoms with Gasteiger partial charge in [0.1, 0.15) is 0 Å². The van der Waals surface area contributed by atoms with Crippen LogP contribution in [0.5, 0.6) is 0 Å². The van der Waals surface area contributed by atoms with E-state index in [-0.39, 0.29) is 24.5 Å². The summed E-state index contributed by atoms with van der Waals surface area (Å²) in [5.41, 5.74) is 0. The molecular weight excluding hydrogens is 180 g/mol. The molecule has 0 aromatic heterocycles. The van der Waals surface area contributed by atoms with Crippen molar-refractivity contribution in [2.24, 2.45) is 0 Å². The molecule has 5 heteroatoms. The van der Waals surface area contributed by atoms with E-state index < -0.39 is 0 Å². The van der Waals surface area contributed by atoms with Gasteiger partial charge in [-0.3, -0.25) is 0 Å². The fraction of sp³-hybridized carbons (Fsp3) is 0.857. The lowest BCUT2D eigenvalue weighted by Crippen LogP contribution is -2.52. The first-order valence-electron chi connectivity index (χ1n) is 3.81. The minimum atomic E-state index is -0.223. The Kier molecular flexibility index (Phi) is 5.01. The highest BCUT2D eigenvalue weighted by Crippen LogP contribution is 2.03. The van der Waals surface area contributed by atoms with Crippen molar-refractivity contribution in [2.75, 3.05) is 26.7 Å². The number of carbonyl (C=O) groups excluding carboxylic acids is 1. The molecule has 0 aromatic rings. The summed E-state index contributed by atoms with van der Waals surface area (Å²) in [7, 11) is 1.41.